The van der Waals surface area contributed by atoms with Gasteiger partial charge in [0.2, 0.25) is 0 Å². The molecular weight excluding hydrogens is 1250 g/mol. The predicted molar refractivity (Wildman–Crippen MR) is 386 cm³/mol. The monoisotopic (exact) mass is 1400 g/mol. The smallest absolute Gasteiger partial charge is 0.462 e. The van der Waals surface area contributed by atoms with Gasteiger partial charge < -0.3 is 33.8 Å². The average Bonchev–Trinajstić information content (AvgIpc) is 1.46. The molecule has 0 aromatic carbocycles. The summed E-state index contributed by atoms with van der Waals surface area (Å²) in [5, 5.41) is 10.6. The largest absolute Gasteiger partial charge is 0.472 e. The molecule has 0 aliphatic rings. The van der Waals surface area contributed by atoms with E-state index in [0.717, 1.165) is 114 Å². The van der Waals surface area contributed by atoms with Gasteiger partial charge in [-0.15, -0.1) is 0 Å². The van der Waals surface area contributed by atoms with E-state index in [1.54, 1.807) is 0 Å². The van der Waals surface area contributed by atoms with Crippen molar-refractivity contribution in [1.82, 2.24) is 0 Å². The molecule has 0 saturated carbocycles. The summed E-state index contributed by atoms with van der Waals surface area (Å²) in [4.78, 5) is 72.8. The van der Waals surface area contributed by atoms with Crippen LogP contribution in [0.1, 0.15) is 383 Å². The molecule has 3 N–H and O–H groups in total. The van der Waals surface area contributed by atoms with Crippen LogP contribution in [0.5, 0.6) is 0 Å². The van der Waals surface area contributed by atoms with Gasteiger partial charge in [0.15, 0.2) is 12.2 Å². The van der Waals surface area contributed by atoms with Crippen LogP contribution >= 0.6 is 15.6 Å². The molecule has 95 heavy (non-hydrogen) atoms. The van der Waals surface area contributed by atoms with E-state index in [2.05, 4.69) is 55.4 Å². The van der Waals surface area contributed by atoms with Crippen LogP contribution in [0.2, 0.25) is 0 Å². The zero-order valence-corrected chi connectivity index (χ0v) is 64.1. The highest BCUT2D eigenvalue weighted by Gasteiger charge is 2.30. The van der Waals surface area contributed by atoms with E-state index in [9.17, 15) is 43.2 Å². The molecule has 0 aromatic rings. The zero-order valence-electron chi connectivity index (χ0n) is 62.3. The number of hydrogen-bond donors (Lipinski definition) is 3. The average molecular weight is 1400 g/mol. The number of esters is 4. The molecule has 6 atom stereocenters. The Hall–Kier alpha value is -1.94. The summed E-state index contributed by atoms with van der Waals surface area (Å²) in [5.74, 6) is 0.929. The summed E-state index contributed by atoms with van der Waals surface area (Å²) in [7, 11) is -9.91. The standard InChI is InChI=1S/C76H148O17P2/c1-9-69(8)55-47-39-31-25-26-34-43-51-59-76(81)93-71(62-86-73(78)56-48-40-32-23-19-15-13-11-10-12-14-17-21-28-36-44-52-66(2)3)64-90-94(82,83)88-60-70(77)61-89-95(84,85)91-65-72(63-87-74(79)57-49-41-35-27-30-38-46-54-68(6)7)92-75(80)58-50-42-33-24-20-16-18-22-29-37-45-53-67(4)5/h66-72,77H,9-65H2,1-8H3,(H,82,83)(H,84,85)/t69?,70?,71-,72-/m1/s1. The minimum Gasteiger partial charge on any atom is -0.462 e. The Morgan fingerprint density at radius 3 is 0.747 bits per heavy atom. The first-order chi connectivity index (χ1) is 45.6. The summed E-state index contributed by atoms with van der Waals surface area (Å²) in [6, 6.07) is 0. The molecule has 0 aromatic heterocycles. The molecule has 0 saturated heterocycles. The summed E-state index contributed by atoms with van der Waals surface area (Å²) >= 11 is 0. The molecule has 0 aliphatic heterocycles. The second-order valence-corrected chi connectivity index (χ2v) is 32.0. The van der Waals surface area contributed by atoms with E-state index in [-0.39, 0.29) is 25.7 Å². The van der Waals surface area contributed by atoms with Crippen LogP contribution in [0.4, 0.5) is 0 Å². The number of unbranched alkanes of at least 4 members (excludes halogenated alkanes) is 38. The van der Waals surface area contributed by atoms with Crippen LogP contribution in [0, 0.1) is 23.7 Å². The minimum atomic E-state index is -4.96. The third-order valence-electron chi connectivity index (χ3n) is 17.9. The van der Waals surface area contributed by atoms with Crippen molar-refractivity contribution in [2.45, 2.75) is 401 Å². The number of aliphatic hydroxyl groups is 1. The molecule has 19 heteroatoms. The maximum absolute atomic E-state index is 13.1. The topological polar surface area (TPSA) is 237 Å². The van der Waals surface area contributed by atoms with Crippen molar-refractivity contribution in [3.05, 3.63) is 0 Å². The Labute approximate surface area is 581 Å². The van der Waals surface area contributed by atoms with Gasteiger partial charge in [-0.05, 0) is 49.4 Å². The number of phosphoric acid groups is 2. The van der Waals surface area contributed by atoms with E-state index in [0.29, 0.717) is 31.6 Å². The summed E-state index contributed by atoms with van der Waals surface area (Å²) in [6.45, 7) is 14.2. The fourth-order valence-electron chi connectivity index (χ4n) is 11.5. The van der Waals surface area contributed by atoms with Crippen molar-refractivity contribution in [1.29, 1.82) is 0 Å². The lowest BCUT2D eigenvalue weighted by atomic mass is 9.99. The van der Waals surface area contributed by atoms with Gasteiger partial charge in [0, 0.05) is 25.7 Å². The Kier molecular flexibility index (Phi) is 64.0. The van der Waals surface area contributed by atoms with Gasteiger partial charge in [-0.25, -0.2) is 9.13 Å². The fourth-order valence-corrected chi connectivity index (χ4v) is 13.1. The Morgan fingerprint density at radius 2 is 0.505 bits per heavy atom. The molecule has 0 aliphatic carbocycles. The van der Waals surface area contributed by atoms with Crippen LogP contribution < -0.4 is 0 Å². The van der Waals surface area contributed by atoms with Gasteiger partial charge in [-0.1, -0.05) is 331 Å². The van der Waals surface area contributed by atoms with Gasteiger partial charge in [0.1, 0.15) is 19.3 Å². The molecule has 0 bridgehead atoms. The zero-order chi connectivity index (χ0) is 70.3. The first kappa shape index (κ1) is 93.1. The number of ether oxygens (including phenoxy) is 4. The number of aliphatic hydroxyl groups excluding tert-OH is 1. The predicted octanol–water partition coefficient (Wildman–Crippen LogP) is 22.0. The SMILES string of the molecule is CCC(C)CCCCCCCCCCC(=O)O[C@H](COC(=O)CCCCCCCCCCCCCCCCCCC(C)C)COP(=O)(O)OCC(O)COP(=O)(O)OC[C@@H](COC(=O)CCCCCCCCCC(C)C)OC(=O)CCCCCCCCCCCCCC(C)C. The molecule has 4 unspecified atom stereocenters. The lowest BCUT2D eigenvalue weighted by molar-refractivity contribution is -0.161. The number of rotatable bonds is 73. The van der Waals surface area contributed by atoms with Crippen LogP contribution in [-0.2, 0) is 65.4 Å². The van der Waals surface area contributed by atoms with Crippen molar-refractivity contribution in [3.8, 4) is 0 Å². The summed E-state index contributed by atoms with van der Waals surface area (Å²) < 4.78 is 68.5. The van der Waals surface area contributed by atoms with E-state index in [1.165, 1.54) is 180 Å². The molecule has 0 spiro atoms. The fraction of sp³-hybridized carbons (Fsp3) is 0.947. The second-order valence-electron chi connectivity index (χ2n) is 29.1. The van der Waals surface area contributed by atoms with Crippen molar-refractivity contribution in [3.63, 3.8) is 0 Å². The van der Waals surface area contributed by atoms with Gasteiger partial charge in [0.05, 0.1) is 26.4 Å². The van der Waals surface area contributed by atoms with E-state index in [4.69, 9.17) is 37.0 Å². The highest BCUT2D eigenvalue weighted by atomic mass is 31.2. The summed E-state index contributed by atoms with van der Waals surface area (Å²) in [5.41, 5.74) is 0. The second kappa shape index (κ2) is 65.4. The van der Waals surface area contributed by atoms with E-state index in [1.807, 2.05) is 0 Å². The first-order valence-electron chi connectivity index (χ1n) is 39.2. The normalized spacial score (nSPS) is 14.4. The number of phosphoric ester groups is 2. The molecule has 0 radical (unpaired) electrons. The number of carbonyl (C=O) groups is 4. The Morgan fingerprint density at radius 1 is 0.295 bits per heavy atom. The van der Waals surface area contributed by atoms with Crippen LogP contribution in [-0.4, -0.2) is 96.7 Å². The number of carbonyl (C=O) groups excluding carboxylic acids is 4. The van der Waals surface area contributed by atoms with Gasteiger partial charge in [-0.2, -0.15) is 0 Å². The molecular formula is C76H148O17P2. The van der Waals surface area contributed by atoms with Crippen LogP contribution in [0.15, 0.2) is 0 Å². The lowest BCUT2D eigenvalue weighted by Crippen LogP contribution is -2.30. The third-order valence-corrected chi connectivity index (χ3v) is 19.8. The maximum Gasteiger partial charge on any atom is 0.472 e. The molecule has 564 valence electrons. The third kappa shape index (κ3) is 69.0. The van der Waals surface area contributed by atoms with Crippen LogP contribution in [0.25, 0.3) is 0 Å². The Bertz CT molecular complexity index is 1870. The lowest BCUT2D eigenvalue weighted by Gasteiger charge is -2.21. The van der Waals surface area contributed by atoms with E-state index >= 15 is 0 Å². The highest BCUT2D eigenvalue weighted by Crippen LogP contribution is 2.45. The molecule has 0 rings (SSSR count). The number of hydrogen-bond acceptors (Lipinski definition) is 15. The molecule has 17 nitrogen and oxygen atoms in total. The molecule has 0 fully saturated rings. The van der Waals surface area contributed by atoms with Crippen molar-refractivity contribution < 1.29 is 80.2 Å². The van der Waals surface area contributed by atoms with Gasteiger partial charge in [-0.3, -0.25) is 37.3 Å². The first-order valence-corrected chi connectivity index (χ1v) is 42.2. The minimum absolute atomic E-state index is 0.105. The highest BCUT2D eigenvalue weighted by molar-refractivity contribution is 7.47. The van der Waals surface area contributed by atoms with E-state index < -0.39 is 97.5 Å². The Balaban J connectivity index is 5.21. The molecule has 0 amide bonds. The van der Waals surface area contributed by atoms with Crippen LogP contribution in [0.3, 0.4) is 0 Å². The molecule has 0 heterocycles. The maximum atomic E-state index is 13.1. The van der Waals surface area contributed by atoms with Gasteiger partial charge in [0.25, 0.3) is 0 Å². The van der Waals surface area contributed by atoms with Crippen molar-refractivity contribution in [2.24, 2.45) is 23.7 Å². The van der Waals surface area contributed by atoms with Gasteiger partial charge >= 0.3 is 39.5 Å². The summed E-state index contributed by atoms with van der Waals surface area (Å²) in [6.07, 6.45) is 50.0. The van der Waals surface area contributed by atoms with Crippen molar-refractivity contribution in [2.75, 3.05) is 39.6 Å². The van der Waals surface area contributed by atoms with Crippen molar-refractivity contribution >= 4 is 39.5 Å². The quantitative estimate of drug-likeness (QED) is 0.0222.